The normalized spacial score (nSPS) is 17.7. The number of amides is 2. The van der Waals surface area contributed by atoms with E-state index in [0.29, 0.717) is 5.92 Å². The van der Waals surface area contributed by atoms with Gasteiger partial charge in [-0.1, -0.05) is 73.2 Å². The molecule has 3 aromatic carbocycles. The highest BCUT2D eigenvalue weighted by Crippen LogP contribution is 2.28. The van der Waals surface area contributed by atoms with Crippen molar-refractivity contribution in [2.24, 2.45) is 0 Å². The highest BCUT2D eigenvalue weighted by Gasteiger charge is 2.23. The van der Waals surface area contributed by atoms with Gasteiger partial charge in [-0.05, 0) is 29.9 Å². The van der Waals surface area contributed by atoms with Crippen LogP contribution in [0.2, 0.25) is 0 Å². The number of urea groups is 1. The minimum atomic E-state index is 0.00387. The summed E-state index contributed by atoms with van der Waals surface area (Å²) in [4.78, 5) is 14.9. The third kappa shape index (κ3) is 3.57. The number of benzene rings is 3. The van der Waals surface area contributed by atoms with Gasteiger partial charge in [0.25, 0.3) is 0 Å². The zero-order chi connectivity index (χ0) is 17.8. The first kappa shape index (κ1) is 16.6. The van der Waals surface area contributed by atoms with E-state index in [1.54, 1.807) is 0 Å². The standard InChI is InChI=1S/C23H24N2O/c26-23(24-22-15-8-13-19-11-4-5-14-21(19)22)25-16-7-6-12-20(17-25)18-9-2-1-3-10-18/h1-5,8-11,13-15,20H,6-7,12,16-17H2,(H,24,26). The van der Waals surface area contributed by atoms with E-state index in [0.717, 1.165) is 48.8 Å². The molecule has 26 heavy (non-hydrogen) atoms. The second-order valence-electron chi connectivity index (χ2n) is 7.01. The first-order valence-electron chi connectivity index (χ1n) is 9.40. The molecule has 3 nitrogen and oxygen atoms in total. The molecule has 1 aliphatic rings. The number of hydrogen-bond acceptors (Lipinski definition) is 1. The van der Waals surface area contributed by atoms with Gasteiger partial charge in [0.2, 0.25) is 0 Å². The van der Waals surface area contributed by atoms with Gasteiger partial charge in [-0.15, -0.1) is 0 Å². The molecule has 1 heterocycles. The fourth-order valence-electron chi connectivity index (χ4n) is 3.85. The molecule has 0 aromatic heterocycles. The van der Waals surface area contributed by atoms with Crippen molar-refractivity contribution in [2.45, 2.75) is 25.2 Å². The van der Waals surface area contributed by atoms with Crippen molar-refractivity contribution in [3.63, 3.8) is 0 Å². The topological polar surface area (TPSA) is 32.3 Å². The van der Waals surface area contributed by atoms with Crippen LogP contribution in [0.5, 0.6) is 0 Å². The van der Waals surface area contributed by atoms with Crippen molar-refractivity contribution in [3.8, 4) is 0 Å². The lowest BCUT2D eigenvalue weighted by molar-refractivity contribution is 0.211. The van der Waals surface area contributed by atoms with Crippen LogP contribution in [0.1, 0.15) is 30.7 Å². The molecule has 0 spiro atoms. The Morgan fingerprint density at radius 1 is 0.885 bits per heavy atom. The van der Waals surface area contributed by atoms with E-state index in [1.807, 2.05) is 35.2 Å². The predicted octanol–water partition coefficient (Wildman–Crippen LogP) is 5.64. The summed E-state index contributed by atoms with van der Waals surface area (Å²) in [5, 5.41) is 5.36. The first-order chi connectivity index (χ1) is 12.8. The Morgan fingerprint density at radius 2 is 1.65 bits per heavy atom. The monoisotopic (exact) mass is 344 g/mol. The zero-order valence-electron chi connectivity index (χ0n) is 14.9. The van der Waals surface area contributed by atoms with Gasteiger partial charge in [0.05, 0.1) is 5.69 Å². The third-order valence-electron chi connectivity index (χ3n) is 5.26. The lowest BCUT2D eigenvalue weighted by Crippen LogP contribution is -2.37. The summed E-state index contributed by atoms with van der Waals surface area (Å²) in [6, 6.07) is 24.8. The molecule has 1 N–H and O–H groups in total. The van der Waals surface area contributed by atoms with Crippen LogP contribution in [0.15, 0.2) is 72.8 Å². The first-order valence-corrected chi connectivity index (χ1v) is 9.40. The SMILES string of the molecule is O=C(Nc1cccc2ccccc12)N1CCCCC(c2ccccc2)C1. The molecule has 1 atom stereocenters. The maximum atomic E-state index is 13.0. The molecule has 1 fully saturated rings. The van der Waals surface area contributed by atoms with Crippen LogP contribution in [0.4, 0.5) is 10.5 Å². The summed E-state index contributed by atoms with van der Waals surface area (Å²) in [7, 11) is 0. The minimum absolute atomic E-state index is 0.00387. The lowest BCUT2D eigenvalue weighted by atomic mass is 9.94. The van der Waals surface area contributed by atoms with Crippen LogP contribution >= 0.6 is 0 Å². The molecule has 0 aliphatic carbocycles. The van der Waals surface area contributed by atoms with Gasteiger partial charge in [-0.2, -0.15) is 0 Å². The van der Waals surface area contributed by atoms with Gasteiger partial charge in [0, 0.05) is 24.4 Å². The van der Waals surface area contributed by atoms with Gasteiger partial charge < -0.3 is 10.2 Å². The van der Waals surface area contributed by atoms with Gasteiger partial charge in [0.15, 0.2) is 0 Å². The molecule has 3 heteroatoms. The largest absolute Gasteiger partial charge is 0.324 e. The molecule has 0 bridgehead atoms. The van der Waals surface area contributed by atoms with E-state index < -0.39 is 0 Å². The quantitative estimate of drug-likeness (QED) is 0.641. The van der Waals surface area contributed by atoms with Crippen LogP contribution in [-0.4, -0.2) is 24.0 Å². The average Bonchev–Trinajstić information content (AvgIpc) is 2.95. The van der Waals surface area contributed by atoms with Gasteiger partial charge in [0.1, 0.15) is 0 Å². The van der Waals surface area contributed by atoms with Gasteiger partial charge >= 0.3 is 6.03 Å². The number of carbonyl (C=O) groups is 1. The molecule has 1 saturated heterocycles. The number of carbonyl (C=O) groups excluding carboxylic acids is 1. The molecule has 2 amide bonds. The predicted molar refractivity (Wildman–Crippen MR) is 108 cm³/mol. The molecular weight excluding hydrogens is 320 g/mol. The Hall–Kier alpha value is -2.81. The van der Waals surface area contributed by atoms with E-state index in [1.165, 1.54) is 5.56 Å². The van der Waals surface area contributed by atoms with Crippen LogP contribution in [0.25, 0.3) is 10.8 Å². The summed E-state index contributed by atoms with van der Waals surface area (Å²) in [6.07, 6.45) is 3.37. The van der Waals surface area contributed by atoms with Gasteiger partial charge in [-0.3, -0.25) is 0 Å². The molecule has 0 saturated carbocycles. The van der Waals surface area contributed by atoms with Crippen molar-refractivity contribution >= 4 is 22.5 Å². The maximum absolute atomic E-state index is 13.0. The molecule has 4 rings (SSSR count). The Morgan fingerprint density at radius 3 is 2.54 bits per heavy atom. The van der Waals surface area contributed by atoms with Crippen molar-refractivity contribution in [2.75, 3.05) is 18.4 Å². The Bertz CT molecular complexity index is 886. The van der Waals surface area contributed by atoms with E-state index in [4.69, 9.17) is 0 Å². The number of fused-ring (bicyclic) bond motifs is 1. The summed E-state index contributed by atoms with van der Waals surface area (Å²) in [5.41, 5.74) is 2.21. The Balaban J connectivity index is 1.53. The molecule has 1 unspecified atom stereocenters. The van der Waals surface area contributed by atoms with E-state index in [2.05, 4.69) is 47.8 Å². The van der Waals surface area contributed by atoms with Crippen LogP contribution in [0, 0.1) is 0 Å². The van der Waals surface area contributed by atoms with Crippen molar-refractivity contribution in [1.29, 1.82) is 0 Å². The average molecular weight is 344 g/mol. The third-order valence-corrected chi connectivity index (χ3v) is 5.26. The lowest BCUT2D eigenvalue weighted by Gasteiger charge is -2.25. The number of likely N-dealkylation sites (tertiary alicyclic amines) is 1. The van der Waals surface area contributed by atoms with Crippen LogP contribution < -0.4 is 5.32 Å². The second kappa shape index (κ2) is 7.61. The van der Waals surface area contributed by atoms with Crippen molar-refractivity contribution in [3.05, 3.63) is 78.4 Å². The number of rotatable bonds is 2. The Labute approximate surface area is 154 Å². The van der Waals surface area contributed by atoms with E-state index in [-0.39, 0.29) is 6.03 Å². The summed E-state index contributed by atoms with van der Waals surface area (Å²) in [5.74, 6) is 0.414. The summed E-state index contributed by atoms with van der Waals surface area (Å²) in [6.45, 7) is 1.60. The highest BCUT2D eigenvalue weighted by atomic mass is 16.2. The minimum Gasteiger partial charge on any atom is -0.324 e. The van der Waals surface area contributed by atoms with E-state index >= 15 is 0 Å². The van der Waals surface area contributed by atoms with Crippen molar-refractivity contribution in [1.82, 2.24) is 4.90 Å². The van der Waals surface area contributed by atoms with Crippen LogP contribution in [0.3, 0.4) is 0 Å². The molecular formula is C23H24N2O. The fourth-order valence-corrected chi connectivity index (χ4v) is 3.85. The Kier molecular flexibility index (Phi) is 4.87. The molecule has 132 valence electrons. The van der Waals surface area contributed by atoms with Crippen LogP contribution in [-0.2, 0) is 0 Å². The molecule has 0 radical (unpaired) electrons. The van der Waals surface area contributed by atoms with Crippen molar-refractivity contribution < 1.29 is 4.79 Å². The zero-order valence-corrected chi connectivity index (χ0v) is 14.9. The number of hydrogen-bond donors (Lipinski definition) is 1. The molecule has 1 aliphatic heterocycles. The summed E-state index contributed by atoms with van der Waals surface area (Å²) < 4.78 is 0. The smallest absolute Gasteiger partial charge is 0.321 e. The maximum Gasteiger partial charge on any atom is 0.321 e. The fraction of sp³-hybridized carbons (Fsp3) is 0.261. The number of nitrogens with zero attached hydrogens (tertiary/aromatic N) is 1. The molecule has 3 aromatic rings. The van der Waals surface area contributed by atoms with E-state index in [9.17, 15) is 4.79 Å². The van der Waals surface area contributed by atoms with Gasteiger partial charge in [-0.25, -0.2) is 4.79 Å². The summed E-state index contributed by atoms with van der Waals surface area (Å²) >= 11 is 0. The number of anilines is 1. The second-order valence-corrected chi connectivity index (χ2v) is 7.01. The highest BCUT2D eigenvalue weighted by molar-refractivity contribution is 6.01. The number of nitrogens with one attached hydrogen (secondary N) is 1.